The van der Waals surface area contributed by atoms with Gasteiger partial charge in [-0.25, -0.2) is 0 Å². The summed E-state index contributed by atoms with van der Waals surface area (Å²) in [4.78, 5) is 48.9. The van der Waals surface area contributed by atoms with E-state index in [-0.39, 0.29) is 25.1 Å². The number of hydrogen-bond acceptors (Lipinski definition) is 9. The molecule has 0 saturated carbocycles. The van der Waals surface area contributed by atoms with Crippen LogP contribution in [0.25, 0.3) is 0 Å². The highest BCUT2D eigenvalue weighted by Crippen LogP contribution is 2.59. The van der Waals surface area contributed by atoms with Crippen LogP contribution in [0.2, 0.25) is 0 Å². The van der Waals surface area contributed by atoms with Gasteiger partial charge in [-0.15, -0.1) is 0 Å². The van der Waals surface area contributed by atoms with Crippen molar-refractivity contribution in [2.24, 2.45) is 5.73 Å². The molecule has 3 aromatic rings. The third-order valence-electron chi connectivity index (χ3n) is 6.63. The summed E-state index contributed by atoms with van der Waals surface area (Å²) >= 11 is 0. The molecule has 12 heteroatoms. The van der Waals surface area contributed by atoms with E-state index in [4.69, 9.17) is 5.73 Å². The van der Waals surface area contributed by atoms with Gasteiger partial charge in [0.1, 0.15) is 47.3 Å². The fraction of sp³-hybridized carbons (Fsp3) is 0.290. The van der Waals surface area contributed by atoms with Crippen LogP contribution >= 0.6 is 28.9 Å². The van der Waals surface area contributed by atoms with Gasteiger partial charge in [-0.1, -0.05) is 76.2 Å². The topological polar surface area (TPSA) is 137 Å². The monoisotopic (exact) mass is 642 g/mol. The van der Waals surface area contributed by atoms with Crippen LogP contribution in [-0.2, 0) is 28.7 Å². The molecule has 0 heterocycles. The summed E-state index contributed by atoms with van der Waals surface area (Å²) < 4.78 is 9.23. The molecule has 3 aromatic carbocycles. The van der Waals surface area contributed by atoms with Crippen LogP contribution in [0.5, 0.6) is 0 Å². The molecular formula is C31H37N3O6PS2+. The summed E-state index contributed by atoms with van der Waals surface area (Å²) in [6, 6.07) is 29.5. The van der Waals surface area contributed by atoms with Crippen LogP contribution in [0.3, 0.4) is 0 Å². The summed E-state index contributed by atoms with van der Waals surface area (Å²) in [6.45, 7) is -0.322. The minimum Gasteiger partial charge on any atom is -0.468 e. The number of esters is 2. The van der Waals surface area contributed by atoms with Gasteiger partial charge in [0.2, 0.25) is 11.8 Å². The molecule has 0 bridgehead atoms. The Morgan fingerprint density at radius 3 is 1.77 bits per heavy atom. The Kier molecular flexibility index (Phi) is 14.0. The number of hydrogen-bond donors (Lipinski definition) is 3. The third-order valence-corrected chi connectivity index (χ3v) is 14.6. The van der Waals surface area contributed by atoms with Gasteiger partial charge in [0.15, 0.2) is 0 Å². The molecule has 0 aromatic heterocycles. The number of carbonyl (C=O) groups excluding carboxylic acids is 4. The van der Waals surface area contributed by atoms with E-state index >= 15 is 0 Å². The lowest BCUT2D eigenvalue weighted by Gasteiger charge is -2.27. The average Bonchev–Trinajstić information content (AvgIpc) is 3.06. The SMILES string of the molecule is COC(=O)CNC(=O)C(CSSC[P+](c1ccccc1)(c1ccccc1)c1ccccc1)NC(=O)CCC(N)C(=O)OC. The van der Waals surface area contributed by atoms with Crippen molar-refractivity contribution in [2.75, 3.05) is 32.0 Å². The second-order valence-electron chi connectivity index (χ2n) is 9.43. The van der Waals surface area contributed by atoms with Crippen LogP contribution in [0, 0.1) is 0 Å². The molecule has 0 radical (unpaired) electrons. The Balaban J connectivity index is 1.79. The van der Waals surface area contributed by atoms with E-state index < -0.39 is 43.1 Å². The van der Waals surface area contributed by atoms with Crippen LogP contribution in [0.4, 0.5) is 0 Å². The highest BCUT2D eigenvalue weighted by atomic mass is 33.1. The second-order valence-corrected chi connectivity index (χ2v) is 15.9. The lowest BCUT2D eigenvalue weighted by Crippen LogP contribution is -2.49. The Hall–Kier alpha value is -3.37. The molecule has 43 heavy (non-hydrogen) atoms. The van der Waals surface area contributed by atoms with E-state index in [0.29, 0.717) is 0 Å². The van der Waals surface area contributed by atoms with E-state index in [1.54, 1.807) is 10.8 Å². The molecule has 0 fully saturated rings. The molecule has 4 N–H and O–H groups in total. The average molecular weight is 643 g/mol. The van der Waals surface area contributed by atoms with E-state index in [2.05, 4.69) is 92.9 Å². The molecule has 2 unspecified atom stereocenters. The Morgan fingerprint density at radius 2 is 1.30 bits per heavy atom. The maximum atomic E-state index is 13.0. The zero-order chi connectivity index (χ0) is 31.1. The maximum absolute atomic E-state index is 13.0. The van der Waals surface area contributed by atoms with Crippen molar-refractivity contribution in [1.29, 1.82) is 0 Å². The van der Waals surface area contributed by atoms with Crippen molar-refractivity contribution in [2.45, 2.75) is 24.9 Å². The Morgan fingerprint density at radius 1 is 0.791 bits per heavy atom. The fourth-order valence-electron chi connectivity index (χ4n) is 4.31. The minimum absolute atomic E-state index is 0.0646. The van der Waals surface area contributed by atoms with Gasteiger partial charge < -0.3 is 25.8 Å². The number of nitrogens with two attached hydrogens (primary N) is 1. The maximum Gasteiger partial charge on any atom is 0.325 e. The number of amides is 2. The van der Waals surface area contributed by atoms with Gasteiger partial charge in [-0.05, 0) is 42.8 Å². The summed E-state index contributed by atoms with van der Waals surface area (Å²) in [7, 11) is 3.46. The van der Waals surface area contributed by atoms with Crippen molar-refractivity contribution in [3.05, 3.63) is 91.0 Å². The van der Waals surface area contributed by atoms with Gasteiger partial charge in [0, 0.05) is 12.2 Å². The second kappa shape index (κ2) is 17.7. The van der Waals surface area contributed by atoms with Crippen molar-refractivity contribution < 1.29 is 28.7 Å². The summed E-state index contributed by atoms with van der Waals surface area (Å²) in [5, 5.41) is 8.97. The number of benzene rings is 3. The molecule has 0 aliphatic carbocycles. The van der Waals surface area contributed by atoms with Gasteiger partial charge >= 0.3 is 11.9 Å². The molecule has 0 aliphatic rings. The fourth-order valence-corrected chi connectivity index (χ4v) is 13.2. The normalized spacial score (nSPS) is 12.4. The third kappa shape index (κ3) is 9.83. The highest BCUT2D eigenvalue weighted by molar-refractivity contribution is 8.77. The summed E-state index contributed by atoms with van der Waals surface area (Å²) in [5.41, 5.74) is 6.50. The van der Waals surface area contributed by atoms with Gasteiger partial charge in [-0.2, -0.15) is 0 Å². The largest absolute Gasteiger partial charge is 0.468 e. The van der Waals surface area contributed by atoms with E-state index in [1.807, 2.05) is 18.2 Å². The standard InChI is InChI=1S/C31H36N3O6PS2/c1-39-29(36)20-33-30(37)27(34-28(35)19-18-26(32)31(38)40-2)21-42-43-22-41(23-12-6-3-7-13-23,24-14-8-4-9-15-24)25-16-10-5-11-17-25/h3-17,26-27H,18-22,32H2,1-2H3,(H-,33,34,35,37)/p+1. The number of ether oxygens (including phenoxy) is 2. The van der Waals surface area contributed by atoms with Crippen molar-refractivity contribution in [1.82, 2.24) is 10.6 Å². The molecule has 3 rings (SSSR count). The Labute approximate surface area is 260 Å². The van der Waals surface area contributed by atoms with Crippen LogP contribution in [0.1, 0.15) is 12.8 Å². The lowest BCUT2D eigenvalue weighted by atomic mass is 10.1. The van der Waals surface area contributed by atoms with Crippen LogP contribution in [0.15, 0.2) is 91.0 Å². The molecule has 0 spiro atoms. The number of rotatable bonds is 16. The van der Waals surface area contributed by atoms with Crippen molar-refractivity contribution in [3.63, 3.8) is 0 Å². The first kappa shape index (κ1) is 34.1. The molecular weight excluding hydrogens is 605 g/mol. The zero-order valence-corrected chi connectivity index (χ0v) is 26.7. The molecule has 9 nitrogen and oxygen atoms in total. The summed E-state index contributed by atoms with van der Waals surface area (Å²) in [5.74, 6) is -1.94. The minimum atomic E-state index is -2.09. The molecule has 2 atom stereocenters. The Bertz CT molecular complexity index is 1240. The van der Waals surface area contributed by atoms with E-state index in [0.717, 1.165) is 5.49 Å². The van der Waals surface area contributed by atoms with Gasteiger partial charge in [-0.3, -0.25) is 19.2 Å². The molecule has 0 aliphatic heterocycles. The van der Waals surface area contributed by atoms with Crippen molar-refractivity contribution in [3.8, 4) is 0 Å². The van der Waals surface area contributed by atoms with Crippen LogP contribution < -0.4 is 32.3 Å². The first-order valence-electron chi connectivity index (χ1n) is 13.6. The van der Waals surface area contributed by atoms with Crippen molar-refractivity contribution >= 4 is 68.5 Å². The predicted molar refractivity (Wildman–Crippen MR) is 176 cm³/mol. The first-order chi connectivity index (χ1) is 20.8. The lowest BCUT2D eigenvalue weighted by molar-refractivity contribution is -0.142. The predicted octanol–water partition coefficient (Wildman–Crippen LogP) is 2.37. The van der Waals surface area contributed by atoms with Gasteiger partial charge in [0.25, 0.3) is 0 Å². The van der Waals surface area contributed by atoms with Crippen LogP contribution in [-0.4, -0.2) is 67.8 Å². The highest BCUT2D eigenvalue weighted by Gasteiger charge is 2.45. The van der Waals surface area contributed by atoms with Gasteiger partial charge in [0.05, 0.1) is 14.2 Å². The van der Waals surface area contributed by atoms with E-state index in [1.165, 1.54) is 40.9 Å². The number of carbonyl (C=O) groups is 4. The smallest absolute Gasteiger partial charge is 0.325 e. The quantitative estimate of drug-likeness (QED) is 0.0931. The number of methoxy groups -OCH3 is 2. The molecule has 228 valence electrons. The zero-order valence-electron chi connectivity index (χ0n) is 24.1. The molecule has 0 saturated heterocycles. The first-order valence-corrected chi connectivity index (χ1v) is 18.0. The molecule has 2 amide bonds. The van der Waals surface area contributed by atoms with E-state index in [9.17, 15) is 19.2 Å². The number of nitrogens with one attached hydrogen (secondary N) is 2. The summed E-state index contributed by atoms with van der Waals surface area (Å²) in [6.07, 6.45) is -0.00531.